The van der Waals surface area contributed by atoms with Crippen LogP contribution in [0.15, 0.2) is 58.1 Å². The van der Waals surface area contributed by atoms with Crippen molar-refractivity contribution in [2.75, 3.05) is 31.6 Å². The predicted octanol–water partition coefficient (Wildman–Crippen LogP) is 3.10. The highest BCUT2D eigenvalue weighted by molar-refractivity contribution is 14.0. The Kier molecular flexibility index (Phi) is 7.70. The van der Waals surface area contributed by atoms with Crippen LogP contribution in [0.3, 0.4) is 0 Å². The van der Waals surface area contributed by atoms with Crippen LogP contribution in [0, 0.1) is 0 Å². The molecule has 1 aliphatic rings. The Balaban J connectivity index is 0.00000240. The molecule has 0 saturated carbocycles. The molecule has 0 amide bonds. The molecule has 9 heteroatoms. The van der Waals surface area contributed by atoms with Crippen LogP contribution in [-0.2, 0) is 6.42 Å². The van der Waals surface area contributed by atoms with E-state index in [1.54, 1.807) is 0 Å². The van der Waals surface area contributed by atoms with Crippen LogP contribution < -0.4 is 15.5 Å². The van der Waals surface area contributed by atoms with Crippen molar-refractivity contribution in [2.24, 2.45) is 4.99 Å². The van der Waals surface area contributed by atoms with Crippen molar-refractivity contribution in [3.8, 4) is 0 Å². The summed E-state index contributed by atoms with van der Waals surface area (Å²) in [4.78, 5) is 6.77. The maximum atomic E-state index is 4.37. The second-order valence-corrected chi connectivity index (χ2v) is 7.76. The molecule has 1 atom stereocenters. The lowest BCUT2D eigenvalue weighted by molar-refractivity contribution is 0.646. The number of rotatable bonds is 5. The number of aliphatic imine (C=N–C) groups is 1. The zero-order valence-corrected chi connectivity index (χ0v) is 20.2. The van der Waals surface area contributed by atoms with Crippen LogP contribution in [0.4, 0.5) is 5.69 Å². The van der Waals surface area contributed by atoms with Crippen molar-refractivity contribution in [3.05, 3.63) is 59.0 Å². The maximum absolute atomic E-state index is 4.37. The molecule has 1 saturated heterocycles. The van der Waals surface area contributed by atoms with Gasteiger partial charge in [-0.05, 0) is 42.8 Å². The van der Waals surface area contributed by atoms with E-state index >= 15 is 0 Å². The van der Waals surface area contributed by atoms with Crippen molar-refractivity contribution in [1.29, 1.82) is 0 Å². The van der Waals surface area contributed by atoms with E-state index in [0.717, 1.165) is 54.4 Å². The Morgan fingerprint density at radius 2 is 2.03 bits per heavy atom. The zero-order chi connectivity index (χ0) is 19.3. The molecule has 4 rings (SSSR count). The summed E-state index contributed by atoms with van der Waals surface area (Å²) in [5.41, 5.74) is 2.13. The highest BCUT2D eigenvalue weighted by Crippen LogP contribution is 2.22. The molecule has 1 unspecified atom stereocenters. The number of benzene rings is 1. The van der Waals surface area contributed by atoms with Gasteiger partial charge >= 0.3 is 0 Å². The zero-order valence-electron chi connectivity index (χ0n) is 16.3. The number of anilines is 1. The molecule has 154 valence electrons. The molecule has 0 spiro atoms. The van der Waals surface area contributed by atoms with Crippen molar-refractivity contribution in [2.45, 2.75) is 18.9 Å². The van der Waals surface area contributed by atoms with E-state index in [4.69, 9.17) is 0 Å². The van der Waals surface area contributed by atoms with Crippen LogP contribution in [0.2, 0.25) is 0 Å². The van der Waals surface area contributed by atoms with Crippen molar-refractivity contribution in [3.63, 3.8) is 0 Å². The third-order valence-corrected chi connectivity index (χ3v) is 5.50. The lowest BCUT2D eigenvalue weighted by Gasteiger charge is -2.20. The predicted molar refractivity (Wildman–Crippen MR) is 131 cm³/mol. The average molecular weight is 570 g/mol. The highest BCUT2D eigenvalue weighted by atomic mass is 127. The van der Waals surface area contributed by atoms with Gasteiger partial charge in [-0.25, -0.2) is 0 Å². The molecule has 2 aromatic heterocycles. The van der Waals surface area contributed by atoms with Gasteiger partial charge in [0.1, 0.15) is 5.82 Å². The first-order valence-corrected chi connectivity index (χ1v) is 10.3. The molecule has 29 heavy (non-hydrogen) atoms. The van der Waals surface area contributed by atoms with Gasteiger partial charge in [-0.2, -0.15) is 0 Å². The van der Waals surface area contributed by atoms with Crippen molar-refractivity contribution >= 4 is 57.2 Å². The van der Waals surface area contributed by atoms with Gasteiger partial charge in [0.05, 0.1) is 0 Å². The number of halogens is 2. The van der Waals surface area contributed by atoms with E-state index in [-0.39, 0.29) is 24.0 Å². The second-order valence-electron chi connectivity index (χ2n) is 6.85. The standard InChI is InChI=1S/C20H24BrN7.HI/c1-22-20(23-11-9-19-26-25-18-4-2-3-12-28(18)19)24-16-10-13-27(14-16)17-7-5-15(21)6-8-17;/h2-8,12,16H,9-11,13-14H2,1H3,(H2,22,23,24);1H. The van der Waals surface area contributed by atoms with E-state index in [0.29, 0.717) is 6.04 Å². The van der Waals surface area contributed by atoms with Crippen LogP contribution >= 0.6 is 39.9 Å². The Morgan fingerprint density at radius 1 is 1.21 bits per heavy atom. The lowest BCUT2D eigenvalue weighted by atomic mass is 10.2. The minimum absolute atomic E-state index is 0. The van der Waals surface area contributed by atoms with Crippen molar-refractivity contribution < 1.29 is 0 Å². The monoisotopic (exact) mass is 569 g/mol. The van der Waals surface area contributed by atoms with Crippen LogP contribution in [0.5, 0.6) is 0 Å². The number of fused-ring (bicyclic) bond motifs is 1. The Morgan fingerprint density at radius 3 is 2.83 bits per heavy atom. The van der Waals surface area contributed by atoms with E-state index in [2.05, 4.69) is 70.9 Å². The van der Waals surface area contributed by atoms with E-state index in [1.165, 1.54) is 5.69 Å². The molecule has 1 aromatic carbocycles. The number of aromatic nitrogens is 3. The van der Waals surface area contributed by atoms with Crippen molar-refractivity contribution in [1.82, 2.24) is 25.2 Å². The first kappa shape index (κ1) is 21.8. The summed E-state index contributed by atoms with van der Waals surface area (Å²) < 4.78 is 3.13. The quantitative estimate of drug-likeness (QED) is 0.281. The summed E-state index contributed by atoms with van der Waals surface area (Å²) >= 11 is 3.49. The average Bonchev–Trinajstić information content (AvgIpc) is 3.35. The summed E-state index contributed by atoms with van der Waals surface area (Å²) in [6.45, 7) is 2.76. The SMILES string of the molecule is CN=C(NCCc1nnc2ccccn12)NC1CCN(c2ccc(Br)cc2)C1.I. The van der Waals surface area contributed by atoms with Crippen LogP contribution in [-0.4, -0.2) is 53.3 Å². The maximum Gasteiger partial charge on any atom is 0.191 e. The second kappa shape index (κ2) is 10.2. The van der Waals surface area contributed by atoms with Gasteiger partial charge < -0.3 is 15.5 Å². The number of hydrogen-bond acceptors (Lipinski definition) is 4. The van der Waals surface area contributed by atoms with Gasteiger partial charge in [-0.3, -0.25) is 9.39 Å². The third-order valence-electron chi connectivity index (χ3n) is 4.97. The summed E-state index contributed by atoms with van der Waals surface area (Å²) in [5, 5.41) is 15.4. The van der Waals surface area contributed by atoms with Gasteiger partial charge in [0.2, 0.25) is 0 Å². The van der Waals surface area contributed by atoms with E-state index in [9.17, 15) is 0 Å². The summed E-state index contributed by atoms with van der Waals surface area (Å²) in [5.74, 6) is 1.78. The van der Waals surface area contributed by atoms with Crippen LogP contribution in [0.1, 0.15) is 12.2 Å². The molecular weight excluding hydrogens is 545 g/mol. The molecule has 0 aliphatic carbocycles. The first-order valence-electron chi connectivity index (χ1n) is 9.49. The van der Waals surface area contributed by atoms with E-state index in [1.807, 2.05) is 35.8 Å². The van der Waals surface area contributed by atoms with E-state index < -0.39 is 0 Å². The molecule has 3 aromatic rings. The third kappa shape index (κ3) is 5.39. The fourth-order valence-electron chi connectivity index (χ4n) is 3.51. The lowest BCUT2D eigenvalue weighted by Crippen LogP contribution is -2.45. The Bertz CT molecular complexity index is 957. The summed E-state index contributed by atoms with van der Waals surface area (Å²) in [6.07, 6.45) is 3.86. The molecule has 7 nitrogen and oxygen atoms in total. The van der Waals surface area contributed by atoms with Gasteiger partial charge in [-0.1, -0.05) is 22.0 Å². The van der Waals surface area contributed by atoms with Gasteiger partial charge in [0, 0.05) is 55.5 Å². The smallest absolute Gasteiger partial charge is 0.191 e. The number of hydrogen-bond donors (Lipinski definition) is 2. The molecule has 1 fully saturated rings. The number of nitrogens with one attached hydrogen (secondary N) is 2. The molecule has 0 radical (unpaired) electrons. The molecule has 2 N–H and O–H groups in total. The van der Waals surface area contributed by atoms with Gasteiger partial charge in [0.25, 0.3) is 0 Å². The van der Waals surface area contributed by atoms with Gasteiger partial charge in [0.15, 0.2) is 11.6 Å². The first-order chi connectivity index (χ1) is 13.7. The number of nitrogens with zero attached hydrogens (tertiary/aromatic N) is 5. The molecular formula is C20H25BrIN7. The number of guanidine groups is 1. The van der Waals surface area contributed by atoms with Crippen LogP contribution in [0.25, 0.3) is 5.65 Å². The minimum Gasteiger partial charge on any atom is -0.369 e. The molecule has 3 heterocycles. The Labute approximate surface area is 196 Å². The fraction of sp³-hybridized carbons (Fsp3) is 0.350. The fourth-order valence-corrected chi connectivity index (χ4v) is 3.77. The molecule has 1 aliphatic heterocycles. The summed E-state index contributed by atoms with van der Waals surface area (Å²) in [6, 6.07) is 14.8. The highest BCUT2D eigenvalue weighted by Gasteiger charge is 2.23. The minimum atomic E-state index is 0. The molecule has 0 bridgehead atoms. The largest absolute Gasteiger partial charge is 0.369 e. The van der Waals surface area contributed by atoms with Gasteiger partial charge in [-0.15, -0.1) is 34.2 Å². The topological polar surface area (TPSA) is 69.8 Å². The number of pyridine rings is 1. The normalized spacial score (nSPS) is 16.7. The Hall–Kier alpha value is -1.88. The summed E-state index contributed by atoms with van der Waals surface area (Å²) in [7, 11) is 1.81.